The van der Waals surface area contributed by atoms with Gasteiger partial charge in [-0.25, -0.2) is 0 Å². The standard InChI is InChI=1S/C23H25NO5/c1-4-22(27)24-18-9-7-17(8-10-18)21(26)14-29-23(28)12-11-20(25)19-13-15(2)5-6-16(19)3/h5-10,13H,4,11-12,14H2,1-3H3,(H,24,27). The molecule has 0 aliphatic carbocycles. The van der Waals surface area contributed by atoms with Gasteiger partial charge < -0.3 is 10.1 Å². The monoisotopic (exact) mass is 395 g/mol. The van der Waals surface area contributed by atoms with Crippen LogP contribution < -0.4 is 5.32 Å². The number of ether oxygens (including phenoxy) is 1. The van der Waals surface area contributed by atoms with Gasteiger partial charge in [-0.3, -0.25) is 19.2 Å². The van der Waals surface area contributed by atoms with Gasteiger partial charge in [-0.15, -0.1) is 0 Å². The van der Waals surface area contributed by atoms with Gasteiger partial charge in [0.15, 0.2) is 18.2 Å². The van der Waals surface area contributed by atoms with E-state index in [1.165, 1.54) is 0 Å². The van der Waals surface area contributed by atoms with E-state index >= 15 is 0 Å². The molecule has 0 radical (unpaired) electrons. The molecule has 152 valence electrons. The maximum absolute atomic E-state index is 12.3. The number of hydrogen-bond donors (Lipinski definition) is 1. The highest BCUT2D eigenvalue weighted by Crippen LogP contribution is 2.14. The summed E-state index contributed by atoms with van der Waals surface area (Å²) in [6.07, 6.45) is 0.313. The van der Waals surface area contributed by atoms with Gasteiger partial charge in [-0.05, 0) is 49.7 Å². The fourth-order valence-corrected chi connectivity index (χ4v) is 2.68. The van der Waals surface area contributed by atoms with Gasteiger partial charge in [-0.2, -0.15) is 0 Å². The largest absolute Gasteiger partial charge is 0.457 e. The zero-order valence-electron chi connectivity index (χ0n) is 16.9. The van der Waals surface area contributed by atoms with Crippen molar-refractivity contribution in [3.8, 4) is 0 Å². The molecule has 0 unspecified atom stereocenters. The summed E-state index contributed by atoms with van der Waals surface area (Å²) >= 11 is 0. The van der Waals surface area contributed by atoms with Crippen molar-refractivity contribution in [1.29, 1.82) is 0 Å². The van der Waals surface area contributed by atoms with Crippen molar-refractivity contribution in [1.82, 2.24) is 0 Å². The van der Waals surface area contributed by atoms with Crippen LogP contribution >= 0.6 is 0 Å². The van der Waals surface area contributed by atoms with Crippen LogP contribution in [-0.2, 0) is 14.3 Å². The maximum atomic E-state index is 12.3. The van der Waals surface area contributed by atoms with E-state index in [4.69, 9.17) is 4.74 Å². The number of esters is 1. The molecular formula is C23H25NO5. The molecular weight excluding hydrogens is 370 g/mol. The Morgan fingerprint density at radius 3 is 2.24 bits per heavy atom. The smallest absolute Gasteiger partial charge is 0.306 e. The van der Waals surface area contributed by atoms with Gasteiger partial charge in [0.05, 0.1) is 6.42 Å². The molecule has 0 bridgehead atoms. The second-order valence-corrected chi connectivity index (χ2v) is 6.80. The fourth-order valence-electron chi connectivity index (χ4n) is 2.68. The van der Waals surface area contributed by atoms with Gasteiger partial charge in [0.1, 0.15) is 0 Å². The van der Waals surface area contributed by atoms with Crippen LogP contribution in [0.3, 0.4) is 0 Å². The summed E-state index contributed by atoms with van der Waals surface area (Å²) in [5.41, 5.74) is 3.41. The number of Topliss-reactive ketones (excluding diaryl/α,β-unsaturated/α-hetero) is 2. The molecule has 0 fully saturated rings. The number of anilines is 1. The van der Waals surface area contributed by atoms with E-state index in [0.29, 0.717) is 23.2 Å². The SMILES string of the molecule is CCC(=O)Nc1ccc(C(=O)COC(=O)CCC(=O)c2cc(C)ccc2C)cc1. The quantitative estimate of drug-likeness (QED) is 0.511. The second kappa shape index (κ2) is 10.3. The number of benzene rings is 2. The Morgan fingerprint density at radius 2 is 1.59 bits per heavy atom. The van der Waals surface area contributed by atoms with Crippen LogP contribution in [0.2, 0.25) is 0 Å². The van der Waals surface area contributed by atoms with Gasteiger partial charge >= 0.3 is 5.97 Å². The van der Waals surface area contributed by atoms with Crippen molar-refractivity contribution in [2.75, 3.05) is 11.9 Å². The predicted molar refractivity (Wildman–Crippen MR) is 110 cm³/mol. The number of ketones is 2. The van der Waals surface area contributed by atoms with E-state index in [1.807, 2.05) is 26.0 Å². The molecule has 0 saturated heterocycles. The third-order valence-corrected chi connectivity index (χ3v) is 4.43. The Balaban J connectivity index is 1.81. The van der Waals surface area contributed by atoms with Crippen molar-refractivity contribution in [3.05, 3.63) is 64.7 Å². The third-order valence-electron chi connectivity index (χ3n) is 4.43. The zero-order chi connectivity index (χ0) is 21.4. The molecule has 0 spiro atoms. The van der Waals surface area contributed by atoms with Crippen molar-refractivity contribution in [3.63, 3.8) is 0 Å². The molecule has 2 aromatic rings. The average Bonchev–Trinajstić information content (AvgIpc) is 2.72. The van der Waals surface area contributed by atoms with E-state index in [-0.39, 0.29) is 30.3 Å². The molecule has 1 amide bonds. The summed E-state index contributed by atoms with van der Waals surface area (Å²) in [5, 5.41) is 2.69. The van der Waals surface area contributed by atoms with Crippen LogP contribution in [0.15, 0.2) is 42.5 Å². The number of carbonyl (C=O) groups excluding carboxylic acids is 4. The maximum Gasteiger partial charge on any atom is 0.306 e. The molecule has 0 aliphatic heterocycles. The van der Waals surface area contributed by atoms with Crippen LogP contribution in [0, 0.1) is 13.8 Å². The Morgan fingerprint density at radius 1 is 0.897 bits per heavy atom. The summed E-state index contributed by atoms with van der Waals surface area (Å²) in [5.74, 6) is -1.19. The summed E-state index contributed by atoms with van der Waals surface area (Å²) in [7, 11) is 0. The van der Waals surface area contributed by atoms with Crippen LogP contribution in [0.1, 0.15) is 58.0 Å². The summed E-state index contributed by atoms with van der Waals surface area (Å²) in [4.78, 5) is 47.7. The Labute approximate surface area is 170 Å². The number of hydrogen-bond acceptors (Lipinski definition) is 5. The molecule has 6 heteroatoms. The lowest BCUT2D eigenvalue weighted by Crippen LogP contribution is -2.15. The molecule has 0 aromatic heterocycles. The molecule has 0 heterocycles. The van der Waals surface area contributed by atoms with Crippen LogP contribution in [-0.4, -0.2) is 30.0 Å². The topological polar surface area (TPSA) is 89.5 Å². The minimum atomic E-state index is -0.594. The highest BCUT2D eigenvalue weighted by molar-refractivity contribution is 6.00. The van der Waals surface area contributed by atoms with E-state index in [2.05, 4.69) is 5.32 Å². The number of carbonyl (C=O) groups is 4. The second-order valence-electron chi connectivity index (χ2n) is 6.80. The molecule has 0 aliphatic rings. The first-order valence-electron chi connectivity index (χ1n) is 9.49. The number of rotatable bonds is 9. The zero-order valence-corrected chi connectivity index (χ0v) is 16.9. The summed E-state index contributed by atoms with van der Waals surface area (Å²) < 4.78 is 5.00. The highest BCUT2D eigenvalue weighted by atomic mass is 16.5. The van der Waals surface area contributed by atoms with E-state index in [0.717, 1.165) is 11.1 Å². The average molecular weight is 395 g/mol. The van der Waals surface area contributed by atoms with Gasteiger partial charge in [0.2, 0.25) is 5.91 Å². The minimum absolute atomic E-state index is 0.0309. The van der Waals surface area contributed by atoms with Crippen LogP contribution in [0.5, 0.6) is 0 Å². The minimum Gasteiger partial charge on any atom is -0.457 e. The fraction of sp³-hybridized carbons (Fsp3) is 0.304. The molecule has 0 atom stereocenters. The Hall–Kier alpha value is -3.28. The van der Waals surface area contributed by atoms with Crippen molar-refractivity contribution in [2.45, 2.75) is 40.0 Å². The molecule has 2 aromatic carbocycles. The number of amides is 1. The molecule has 2 rings (SSSR count). The van der Waals surface area contributed by atoms with E-state index < -0.39 is 12.6 Å². The number of nitrogens with one attached hydrogen (secondary N) is 1. The Kier molecular flexibility index (Phi) is 7.83. The first kappa shape index (κ1) is 22.0. The van der Waals surface area contributed by atoms with E-state index in [9.17, 15) is 19.2 Å². The van der Waals surface area contributed by atoms with Crippen molar-refractivity contribution >= 4 is 29.1 Å². The van der Waals surface area contributed by atoms with E-state index in [1.54, 1.807) is 37.3 Å². The van der Waals surface area contributed by atoms with Crippen LogP contribution in [0.4, 0.5) is 5.69 Å². The lowest BCUT2D eigenvalue weighted by Gasteiger charge is -2.07. The predicted octanol–water partition coefficient (Wildman–Crippen LogP) is 4.04. The van der Waals surface area contributed by atoms with Gasteiger partial charge in [0, 0.05) is 29.7 Å². The van der Waals surface area contributed by atoms with Crippen LogP contribution in [0.25, 0.3) is 0 Å². The summed E-state index contributed by atoms with van der Waals surface area (Å²) in [6, 6.07) is 12.0. The molecule has 6 nitrogen and oxygen atoms in total. The first-order valence-corrected chi connectivity index (χ1v) is 9.49. The van der Waals surface area contributed by atoms with Gasteiger partial charge in [0.25, 0.3) is 0 Å². The lowest BCUT2D eigenvalue weighted by molar-refractivity contribution is -0.142. The first-order chi connectivity index (χ1) is 13.8. The normalized spacial score (nSPS) is 10.3. The Bertz CT molecular complexity index is 915. The molecule has 0 saturated carbocycles. The van der Waals surface area contributed by atoms with Gasteiger partial charge in [-0.1, -0.05) is 24.6 Å². The highest BCUT2D eigenvalue weighted by Gasteiger charge is 2.14. The summed E-state index contributed by atoms with van der Waals surface area (Å²) in [6.45, 7) is 5.11. The van der Waals surface area contributed by atoms with Crippen molar-refractivity contribution in [2.24, 2.45) is 0 Å². The number of aryl methyl sites for hydroxylation is 2. The van der Waals surface area contributed by atoms with Crippen molar-refractivity contribution < 1.29 is 23.9 Å². The lowest BCUT2D eigenvalue weighted by atomic mass is 9.99. The molecule has 29 heavy (non-hydrogen) atoms. The molecule has 1 N–H and O–H groups in total. The third kappa shape index (κ3) is 6.68.